The van der Waals surface area contributed by atoms with Crippen LogP contribution in [0.3, 0.4) is 0 Å². The van der Waals surface area contributed by atoms with Crippen LogP contribution in [0.2, 0.25) is 0 Å². The monoisotopic (exact) mass is 285 g/mol. The molecule has 0 aliphatic heterocycles. The summed E-state index contributed by atoms with van der Waals surface area (Å²) in [5.41, 5.74) is 8.30. The molecule has 0 saturated heterocycles. The third-order valence-corrected chi connectivity index (χ3v) is 3.42. The summed E-state index contributed by atoms with van der Waals surface area (Å²) in [7, 11) is 1.69. The molecule has 0 heterocycles. The molecule has 0 aromatic heterocycles. The number of methoxy groups -OCH3 is 1. The molecule has 1 atom stereocenters. The van der Waals surface area contributed by atoms with Gasteiger partial charge in [-0.15, -0.1) is 0 Å². The molecule has 0 amide bonds. The van der Waals surface area contributed by atoms with Crippen molar-refractivity contribution in [3.05, 3.63) is 59.7 Å². The van der Waals surface area contributed by atoms with Gasteiger partial charge in [-0.25, -0.2) is 0 Å². The van der Waals surface area contributed by atoms with Crippen LogP contribution < -0.4 is 10.5 Å². The van der Waals surface area contributed by atoms with E-state index in [2.05, 4.69) is 13.0 Å². The van der Waals surface area contributed by atoms with Gasteiger partial charge >= 0.3 is 0 Å². The molecule has 2 rings (SSSR count). The molecule has 2 aromatic carbocycles. The number of hydrogen-bond acceptors (Lipinski definition) is 3. The van der Waals surface area contributed by atoms with Gasteiger partial charge in [0.1, 0.15) is 11.5 Å². The largest absolute Gasteiger partial charge is 0.457 e. The van der Waals surface area contributed by atoms with E-state index in [0.29, 0.717) is 6.61 Å². The minimum Gasteiger partial charge on any atom is -0.457 e. The highest BCUT2D eigenvalue weighted by Crippen LogP contribution is 2.27. The zero-order valence-electron chi connectivity index (χ0n) is 12.7. The lowest BCUT2D eigenvalue weighted by molar-refractivity contribution is 0.184. The van der Waals surface area contributed by atoms with Gasteiger partial charge in [0.2, 0.25) is 0 Å². The van der Waals surface area contributed by atoms with Crippen molar-refractivity contribution in [2.24, 2.45) is 5.73 Å². The topological polar surface area (TPSA) is 44.5 Å². The molecule has 3 heteroatoms. The smallest absolute Gasteiger partial charge is 0.130 e. The SMILES string of the molecule is CCC(N)Cc1ccccc1Oc1cccc(COC)c1. The van der Waals surface area contributed by atoms with Crippen molar-refractivity contribution in [3.8, 4) is 11.5 Å². The zero-order valence-corrected chi connectivity index (χ0v) is 12.7. The van der Waals surface area contributed by atoms with Gasteiger partial charge in [-0.2, -0.15) is 0 Å². The minimum absolute atomic E-state index is 0.162. The number of rotatable bonds is 7. The molecule has 0 saturated carbocycles. The van der Waals surface area contributed by atoms with E-state index in [4.69, 9.17) is 15.2 Å². The Balaban J connectivity index is 2.17. The molecule has 21 heavy (non-hydrogen) atoms. The van der Waals surface area contributed by atoms with E-state index in [0.717, 1.165) is 35.5 Å². The Bertz CT molecular complexity index is 569. The van der Waals surface area contributed by atoms with Crippen molar-refractivity contribution in [1.82, 2.24) is 0 Å². The Kier molecular flexibility index (Phi) is 5.78. The van der Waals surface area contributed by atoms with E-state index in [-0.39, 0.29) is 6.04 Å². The van der Waals surface area contributed by atoms with Crippen LogP contribution in [0.1, 0.15) is 24.5 Å². The molecule has 0 aliphatic rings. The van der Waals surface area contributed by atoms with E-state index >= 15 is 0 Å². The summed E-state index contributed by atoms with van der Waals surface area (Å²) in [6.07, 6.45) is 1.78. The van der Waals surface area contributed by atoms with Gasteiger partial charge in [-0.05, 0) is 42.2 Å². The van der Waals surface area contributed by atoms with E-state index in [1.807, 2.05) is 42.5 Å². The van der Waals surface area contributed by atoms with Crippen molar-refractivity contribution < 1.29 is 9.47 Å². The van der Waals surface area contributed by atoms with Crippen molar-refractivity contribution in [3.63, 3.8) is 0 Å². The molecule has 0 bridgehead atoms. The first-order chi connectivity index (χ1) is 10.2. The molecular formula is C18H23NO2. The second-order valence-electron chi connectivity index (χ2n) is 5.16. The molecule has 3 nitrogen and oxygen atoms in total. The van der Waals surface area contributed by atoms with Crippen molar-refractivity contribution in [1.29, 1.82) is 0 Å². The molecule has 0 fully saturated rings. The Labute approximate surface area is 126 Å². The molecule has 0 aliphatic carbocycles. The summed E-state index contributed by atoms with van der Waals surface area (Å²) < 4.78 is 11.2. The lowest BCUT2D eigenvalue weighted by atomic mass is 10.0. The number of hydrogen-bond donors (Lipinski definition) is 1. The Morgan fingerprint density at radius 2 is 1.90 bits per heavy atom. The van der Waals surface area contributed by atoms with Gasteiger partial charge in [0.25, 0.3) is 0 Å². The summed E-state index contributed by atoms with van der Waals surface area (Å²) in [6, 6.07) is 16.2. The van der Waals surface area contributed by atoms with Crippen molar-refractivity contribution >= 4 is 0 Å². The highest BCUT2D eigenvalue weighted by atomic mass is 16.5. The van der Waals surface area contributed by atoms with E-state index in [9.17, 15) is 0 Å². The van der Waals surface area contributed by atoms with Crippen LogP contribution in [0.4, 0.5) is 0 Å². The van der Waals surface area contributed by atoms with Crippen LogP contribution in [0.15, 0.2) is 48.5 Å². The molecular weight excluding hydrogens is 262 g/mol. The van der Waals surface area contributed by atoms with Crippen molar-refractivity contribution in [2.45, 2.75) is 32.4 Å². The van der Waals surface area contributed by atoms with E-state index in [1.54, 1.807) is 7.11 Å². The van der Waals surface area contributed by atoms with Gasteiger partial charge in [-0.3, -0.25) is 0 Å². The maximum absolute atomic E-state index is 6.06. The summed E-state index contributed by atoms with van der Waals surface area (Å²) in [5.74, 6) is 1.69. The number of nitrogens with two attached hydrogens (primary N) is 1. The van der Waals surface area contributed by atoms with Gasteiger partial charge in [0, 0.05) is 13.2 Å². The maximum atomic E-state index is 6.06. The zero-order chi connectivity index (χ0) is 15.1. The average Bonchev–Trinajstić information content (AvgIpc) is 2.50. The average molecular weight is 285 g/mol. The lowest BCUT2D eigenvalue weighted by Gasteiger charge is -2.14. The minimum atomic E-state index is 0.162. The van der Waals surface area contributed by atoms with Gasteiger partial charge in [-0.1, -0.05) is 37.3 Å². The lowest BCUT2D eigenvalue weighted by Crippen LogP contribution is -2.21. The number of ether oxygens (including phenoxy) is 2. The summed E-state index contributed by atoms with van der Waals surface area (Å²) in [6.45, 7) is 2.68. The third-order valence-electron chi connectivity index (χ3n) is 3.42. The maximum Gasteiger partial charge on any atom is 0.130 e. The standard InChI is InChI=1S/C18H23NO2/c1-3-16(19)12-15-8-4-5-10-18(15)21-17-9-6-7-14(11-17)13-20-2/h4-11,16H,3,12-13,19H2,1-2H3. The number of benzene rings is 2. The number of para-hydroxylation sites is 1. The fourth-order valence-corrected chi connectivity index (χ4v) is 2.19. The van der Waals surface area contributed by atoms with Gasteiger partial charge in [0.05, 0.1) is 6.61 Å². The van der Waals surface area contributed by atoms with Crippen molar-refractivity contribution in [2.75, 3.05) is 7.11 Å². The van der Waals surface area contributed by atoms with E-state index in [1.165, 1.54) is 0 Å². The van der Waals surface area contributed by atoms with Gasteiger partial charge < -0.3 is 15.2 Å². The molecule has 2 aromatic rings. The van der Waals surface area contributed by atoms with Gasteiger partial charge in [0.15, 0.2) is 0 Å². The Morgan fingerprint density at radius 1 is 1.10 bits per heavy atom. The second kappa shape index (κ2) is 7.81. The summed E-state index contributed by atoms with van der Waals surface area (Å²) in [5, 5.41) is 0. The second-order valence-corrected chi connectivity index (χ2v) is 5.16. The fourth-order valence-electron chi connectivity index (χ4n) is 2.19. The summed E-state index contributed by atoms with van der Waals surface area (Å²) >= 11 is 0. The highest BCUT2D eigenvalue weighted by molar-refractivity contribution is 5.39. The third kappa shape index (κ3) is 4.59. The van der Waals surface area contributed by atoms with E-state index < -0.39 is 0 Å². The first-order valence-corrected chi connectivity index (χ1v) is 7.32. The molecule has 1 unspecified atom stereocenters. The van der Waals surface area contributed by atoms with Crippen LogP contribution in [0, 0.1) is 0 Å². The fraction of sp³-hybridized carbons (Fsp3) is 0.333. The quantitative estimate of drug-likeness (QED) is 0.839. The molecule has 0 radical (unpaired) electrons. The molecule has 112 valence electrons. The molecule has 0 spiro atoms. The summed E-state index contributed by atoms with van der Waals surface area (Å²) in [4.78, 5) is 0. The van der Waals surface area contributed by atoms with Crippen LogP contribution in [-0.2, 0) is 17.8 Å². The normalized spacial score (nSPS) is 12.1. The predicted molar refractivity (Wildman–Crippen MR) is 85.6 cm³/mol. The van der Waals surface area contributed by atoms with Crippen LogP contribution in [0.5, 0.6) is 11.5 Å². The van der Waals surface area contributed by atoms with Crippen LogP contribution in [-0.4, -0.2) is 13.2 Å². The van der Waals surface area contributed by atoms with Crippen LogP contribution >= 0.6 is 0 Å². The first-order valence-electron chi connectivity index (χ1n) is 7.32. The first kappa shape index (κ1) is 15.5. The molecule has 2 N–H and O–H groups in total. The predicted octanol–water partition coefficient (Wildman–Crippen LogP) is 3.91. The Morgan fingerprint density at radius 3 is 2.67 bits per heavy atom. The Hall–Kier alpha value is -1.84. The van der Waals surface area contributed by atoms with Crippen LogP contribution in [0.25, 0.3) is 0 Å². The highest BCUT2D eigenvalue weighted by Gasteiger charge is 2.08.